The van der Waals surface area contributed by atoms with E-state index in [1.165, 1.54) is 25.5 Å². The molecule has 2 aromatic rings. The Hall–Kier alpha value is -3.27. The predicted molar refractivity (Wildman–Crippen MR) is 76.7 cm³/mol. The van der Waals surface area contributed by atoms with Gasteiger partial charge in [-0.3, -0.25) is 9.78 Å². The largest absolute Gasteiger partial charge is 0.448 e. The molecule has 7 nitrogen and oxygen atoms in total. The second kappa shape index (κ2) is 6.95. The van der Waals surface area contributed by atoms with Crippen molar-refractivity contribution >= 4 is 17.6 Å². The van der Waals surface area contributed by atoms with Gasteiger partial charge >= 0.3 is 5.97 Å². The molecule has 1 atom stereocenters. The average Bonchev–Trinajstić information content (AvgIpc) is 2.56. The zero-order chi connectivity index (χ0) is 15.9. The summed E-state index contributed by atoms with van der Waals surface area (Å²) in [6.45, 7) is 1.43. The highest BCUT2D eigenvalue weighted by atomic mass is 16.5. The Morgan fingerprint density at radius 1 is 1.32 bits per heavy atom. The van der Waals surface area contributed by atoms with E-state index in [2.05, 4.69) is 15.3 Å². The number of nitrogens with zero attached hydrogens (tertiary/aromatic N) is 3. The van der Waals surface area contributed by atoms with Crippen LogP contribution in [-0.2, 0) is 9.53 Å². The van der Waals surface area contributed by atoms with Gasteiger partial charge in [-0.05, 0) is 19.1 Å². The van der Waals surface area contributed by atoms with Gasteiger partial charge in [0.1, 0.15) is 6.07 Å². The van der Waals surface area contributed by atoms with Crippen LogP contribution in [0.3, 0.4) is 0 Å². The van der Waals surface area contributed by atoms with E-state index in [0.29, 0.717) is 11.3 Å². The van der Waals surface area contributed by atoms with Gasteiger partial charge in [-0.1, -0.05) is 12.1 Å². The van der Waals surface area contributed by atoms with E-state index in [1.54, 1.807) is 24.3 Å². The van der Waals surface area contributed by atoms with Crippen LogP contribution < -0.4 is 5.32 Å². The van der Waals surface area contributed by atoms with Crippen molar-refractivity contribution in [3.63, 3.8) is 0 Å². The van der Waals surface area contributed by atoms with Gasteiger partial charge in [0.05, 0.1) is 17.4 Å². The highest BCUT2D eigenvalue weighted by Gasteiger charge is 2.20. The smallest absolute Gasteiger partial charge is 0.359 e. The molecule has 1 aromatic heterocycles. The van der Waals surface area contributed by atoms with Crippen molar-refractivity contribution in [1.29, 1.82) is 5.26 Å². The highest BCUT2D eigenvalue weighted by molar-refractivity contribution is 5.97. The van der Waals surface area contributed by atoms with Gasteiger partial charge in [-0.25, -0.2) is 9.78 Å². The lowest BCUT2D eigenvalue weighted by molar-refractivity contribution is -0.123. The standard InChI is InChI=1S/C15H12N4O3/c1-10(22-15(21)13-9-17-6-7-18-13)14(20)19-12-5-3-2-4-11(12)8-16/h2-7,9-10H,1H3,(H,19,20)/t10-/m1/s1. The zero-order valence-corrected chi connectivity index (χ0v) is 11.7. The summed E-state index contributed by atoms with van der Waals surface area (Å²) in [7, 11) is 0. The Bertz CT molecular complexity index is 725. The van der Waals surface area contributed by atoms with Gasteiger partial charge < -0.3 is 10.1 Å². The molecule has 0 bridgehead atoms. The normalized spacial score (nSPS) is 11.1. The lowest BCUT2D eigenvalue weighted by Crippen LogP contribution is -2.30. The summed E-state index contributed by atoms with van der Waals surface area (Å²) in [6.07, 6.45) is 2.98. The number of amides is 1. The molecule has 1 heterocycles. The summed E-state index contributed by atoms with van der Waals surface area (Å²) < 4.78 is 5.01. The molecule has 1 N–H and O–H groups in total. The van der Waals surface area contributed by atoms with Crippen molar-refractivity contribution in [3.8, 4) is 6.07 Å². The quantitative estimate of drug-likeness (QED) is 0.858. The number of carbonyl (C=O) groups is 2. The molecule has 0 unspecified atom stereocenters. The van der Waals surface area contributed by atoms with Crippen LogP contribution in [0.15, 0.2) is 42.9 Å². The van der Waals surface area contributed by atoms with Crippen LogP contribution in [0.1, 0.15) is 23.0 Å². The number of carbonyl (C=O) groups excluding carboxylic acids is 2. The molecule has 7 heteroatoms. The summed E-state index contributed by atoms with van der Waals surface area (Å²) in [5.41, 5.74) is 0.695. The molecule has 22 heavy (non-hydrogen) atoms. The van der Waals surface area contributed by atoms with Crippen LogP contribution in [-0.4, -0.2) is 27.9 Å². The Morgan fingerprint density at radius 3 is 2.77 bits per heavy atom. The van der Waals surface area contributed by atoms with E-state index in [0.717, 1.165) is 0 Å². The molecule has 0 aliphatic heterocycles. The minimum Gasteiger partial charge on any atom is -0.448 e. The Balaban J connectivity index is 2.01. The third-order valence-electron chi connectivity index (χ3n) is 2.73. The minimum atomic E-state index is -1.04. The fraction of sp³-hybridized carbons (Fsp3) is 0.133. The third kappa shape index (κ3) is 3.64. The minimum absolute atomic E-state index is 0.0135. The molecule has 1 amide bonds. The number of para-hydroxylation sites is 1. The number of anilines is 1. The van der Waals surface area contributed by atoms with Gasteiger partial charge in [0.25, 0.3) is 5.91 Å². The summed E-state index contributed by atoms with van der Waals surface area (Å²) in [6, 6.07) is 8.51. The van der Waals surface area contributed by atoms with Crippen LogP contribution in [0.25, 0.3) is 0 Å². The first-order chi connectivity index (χ1) is 10.6. The SMILES string of the molecule is C[C@@H](OC(=O)c1cnccn1)C(=O)Nc1ccccc1C#N. The zero-order valence-electron chi connectivity index (χ0n) is 11.7. The molecular weight excluding hydrogens is 284 g/mol. The molecule has 0 fully saturated rings. The van der Waals surface area contributed by atoms with E-state index < -0.39 is 18.0 Å². The maximum Gasteiger partial charge on any atom is 0.359 e. The molecule has 2 rings (SSSR count). The molecule has 0 radical (unpaired) electrons. The number of nitriles is 1. The van der Waals surface area contributed by atoms with E-state index >= 15 is 0 Å². The summed E-state index contributed by atoms with van der Waals surface area (Å²) in [5, 5.41) is 11.5. The molecule has 110 valence electrons. The number of benzene rings is 1. The Kier molecular flexibility index (Phi) is 4.78. The van der Waals surface area contributed by atoms with Gasteiger partial charge in [0.15, 0.2) is 11.8 Å². The molecule has 0 saturated carbocycles. The maximum absolute atomic E-state index is 12.0. The van der Waals surface area contributed by atoms with Crippen LogP contribution in [0.5, 0.6) is 0 Å². The van der Waals surface area contributed by atoms with E-state index in [-0.39, 0.29) is 5.69 Å². The number of rotatable bonds is 4. The lowest BCUT2D eigenvalue weighted by atomic mass is 10.2. The second-order valence-corrected chi connectivity index (χ2v) is 4.28. The van der Waals surface area contributed by atoms with Crippen molar-refractivity contribution in [2.75, 3.05) is 5.32 Å². The van der Waals surface area contributed by atoms with Crippen molar-refractivity contribution in [3.05, 3.63) is 54.1 Å². The first-order valence-electron chi connectivity index (χ1n) is 6.39. The van der Waals surface area contributed by atoms with Crippen molar-refractivity contribution in [2.24, 2.45) is 0 Å². The number of nitrogens with one attached hydrogen (secondary N) is 1. The number of esters is 1. The first kappa shape index (κ1) is 15.1. The molecule has 0 aliphatic rings. The molecule has 0 saturated heterocycles. The fourth-order valence-corrected chi connectivity index (χ4v) is 1.60. The average molecular weight is 296 g/mol. The van der Waals surface area contributed by atoms with E-state index in [4.69, 9.17) is 10.00 Å². The van der Waals surface area contributed by atoms with Crippen molar-refractivity contribution < 1.29 is 14.3 Å². The van der Waals surface area contributed by atoms with Gasteiger partial charge in [0, 0.05) is 12.4 Å². The first-order valence-corrected chi connectivity index (χ1v) is 6.39. The lowest BCUT2D eigenvalue weighted by Gasteiger charge is -2.13. The molecule has 0 spiro atoms. The van der Waals surface area contributed by atoms with Gasteiger partial charge in [0.2, 0.25) is 0 Å². The monoisotopic (exact) mass is 296 g/mol. The Labute approximate surface area is 126 Å². The number of aromatic nitrogens is 2. The molecule has 0 aliphatic carbocycles. The van der Waals surface area contributed by atoms with Crippen LogP contribution in [0.4, 0.5) is 5.69 Å². The maximum atomic E-state index is 12.0. The van der Waals surface area contributed by atoms with Crippen LogP contribution >= 0.6 is 0 Å². The van der Waals surface area contributed by atoms with Gasteiger partial charge in [-0.15, -0.1) is 0 Å². The second-order valence-electron chi connectivity index (χ2n) is 4.28. The van der Waals surface area contributed by atoms with E-state index in [1.807, 2.05) is 6.07 Å². The molecular formula is C15H12N4O3. The summed E-state index contributed by atoms with van der Waals surface area (Å²) in [4.78, 5) is 31.3. The number of hydrogen-bond acceptors (Lipinski definition) is 6. The van der Waals surface area contributed by atoms with Crippen LogP contribution in [0.2, 0.25) is 0 Å². The number of ether oxygens (including phenoxy) is 1. The van der Waals surface area contributed by atoms with Gasteiger partial charge in [-0.2, -0.15) is 5.26 Å². The van der Waals surface area contributed by atoms with E-state index in [9.17, 15) is 9.59 Å². The van der Waals surface area contributed by atoms with Crippen LogP contribution in [0, 0.1) is 11.3 Å². The number of hydrogen-bond donors (Lipinski definition) is 1. The topological polar surface area (TPSA) is 105 Å². The summed E-state index contributed by atoms with van der Waals surface area (Å²) >= 11 is 0. The molecule has 1 aromatic carbocycles. The fourth-order valence-electron chi connectivity index (χ4n) is 1.60. The highest BCUT2D eigenvalue weighted by Crippen LogP contribution is 2.14. The predicted octanol–water partition coefficient (Wildman–Crippen LogP) is 1.53. The third-order valence-corrected chi connectivity index (χ3v) is 2.73. The summed E-state index contributed by atoms with van der Waals surface area (Å²) in [5.74, 6) is -1.29. The van der Waals surface area contributed by atoms with Crippen molar-refractivity contribution in [1.82, 2.24) is 9.97 Å². The van der Waals surface area contributed by atoms with Crippen molar-refractivity contribution in [2.45, 2.75) is 13.0 Å². The Morgan fingerprint density at radius 2 is 2.09 bits per heavy atom.